The summed E-state index contributed by atoms with van der Waals surface area (Å²) in [5.74, 6) is -0.779. The second-order valence-electron chi connectivity index (χ2n) is 7.16. The molecule has 1 amide bonds. The van der Waals surface area contributed by atoms with Crippen LogP contribution in [0, 0.1) is 12.7 Å². The highest BCUT2D eigenvalue weighted by Crippen LogP contribution is 2.24. The fraction of sp³-hybridized carbons (Fsp3) is 0.333. The Hall–Kier alpha value is -2.73. The molecule has 2 aromatic carbocycles. The van der Waals surface area contributed by atoms with Gasteiger partial charge in [0, 0.05) is 17.0 Å². The maximum Gasteiger partial charge on any atom is 0.251 e. The summed E-state index contributed by atoms with van der Waals surface area (Å²) in [6.07, 6.45) is 2.58. The molecule has 6 heteroatoms. The molecule has 0 spiro atoms. The normalized spacial score (nSPS) is 20.0. The molecule has 1 aliphatic rings. The van der Waals surface area contributed by atoms with E-state index >= 15 is 0 Å². The van der Waals surface area contributed by atoms with E-state index in [1.807, 2.05) is 31.2 Å². The molecule has 3 aromatic rings. The van der Waals surface area contributed by atoms with Crippen molar-refractivity contribution in [3.8, 4) is 5.69 Å². The average Bonchev–Trinajstić information content (AvgIpc) is 3.00. The van der Waals surface area contributed by atoms with E-state index in [0.717, 1.165) is 29.4 Å². The molecule has 27 heavy (non-hydrogen) atoms. The molecule has 0 atom stereocenters. The van der Waals surface area contributed by atoms with Crippen LogP contribution in [0.1, 0.15) is 41.7 Å². The number of rotatable bonds is 3. The van der Waals surface area contributed by atoms with Gasteiger partial charge >= 0.3 is 0 Å². The minimum absolute atomic E-state index is 0.0290. The lowest BCUT2D eigenvalue weighted by atomic mass is 9.93. The van der Waals surface area contributed by atoms with Gasteiger partial charge in [0.25, 0.3) is 5.91 Å². The van der Waals surface area contributed by atoms with Gasteiger partial charge in [-0.2, -0.15) is 5.10 Å². The second-order valence-corrected chi connectivity index (χ2v) is 7.16. The summed E-state index contributed by atoms with van der Waals surface area (Å²) in [4.78, 5) is 12.4. The number of carbonyl (C=O) groups excluding carboxylic acids is 1. The quantitative estimate of drug-likeness (QED) is 0.744. The summed E-state index contributed by atoms with van der Waals surface area (Å²) in [6, 6.07) is 12.2. The number of aliphatic hydroxyl groups is 1. The highest BCUT2D eigenvalue weighted by molar-refractivity contribution is 5.94. The van der Waals surface area contributed by atoms with Gasteiger partial charge in [-0.3, -0.25) is 4.79 Å². The van der Waals surface area contributed by atoms with Gasteiger partial charge in [-0.05, 0) is 56.9 Å². The highest BCUT2D eigenvalue weighted by atomic mass is 19.1. The van der Waals surface area contributed by atoms with Crippen molar-refractivity contribution in [2.24, 2.45) is 0 Å². The van der Waals surface area contributed by atoms with Crippen molar-refractivity contribution in [2.45, 2.75) is 44.8 Å². The lowest BCUT2D eigenvalue weighted by Gasteiger charge is -2.26. The molecule has 1 aliphatic carbocycles. The van der Waals surface area contributed by atoms with E-state index in [1.54, 1.807) is 16.8 Å². The zero-order valence-electron chi connectivity index (χ0n) is 15.2. The van der Waals surface area contributed by atoms with Gasteiger partial charge in [0.05, 0.1) is 17.3 Å². The monoisotopic (exact) mass is 367 g/mol. The fourth-order valence-electron chi connectivity index (χ4n) is 3.71. The van der Waals surface area contributed by atoms with Crippen LogP contribution in [0.25, 0.3) is 16.6 Å². The Bertz CT molecular complexity index is 990. The molecule has 4 rings (SSSR count). The Morgan fingerprint density at radius 2 is 1.93 bits per heavy atom. The predicted octanol–water partition coefficient (Wildman–Crippen LogP) is 3.51. The molecule has 0 aliphatic heterocycles. The van der Waals surface area contributed by atoms with Gasteiger partial charge < -0.3 is 10.4 Å². The van der Waals surface area contributed by atoms with Crippen molar-refractivity contribution in [1.29, 1.82) is 0 Å². The van der Waals surface area contributed by atoms with Crippen LogP contribution in [0.2, 0.25) is 0 Å². The molecule has 140 valence electrons. The lowest BCUT2D eigenvalue weighted by Crippen LogP contribution is -2.38. The van der Waals surface area contributed by atoms with Gasteiger partial charge in [-0.1, -0.05) is 18.2 Å². The molecule has 1 saturated carbocycles. The third-order valence-electron chi connectivity index (χ3n) is 5.24. The number of fused-ring (bicyclic) bond motifs is 1. The van der Waals surface area contributed by atoms with Crippen LogP contribution in [-0.4, -0.2) is 32.9 Å². The smallest absolute Gasteiger partial charge is 0.251 e. The van der Waals surface area contributed by atoms with Gasteiger partial charge in [-0.15, -0.1) is 0 Å². The fourth-order valence-corrected chi connectivity index (χ4v) is 3.71. The maximum atomic E-state index is 14.8. The number of aliphatic hydroxyl groups excluding tert-OH is 1. The van der Waals surface area contributed by atoms with Crippen molar-refractivity contribution >= 4 is 16.8 Å². The van der Waals surface area contributed by atoms with Crippen LogP contribution in [0.4, 0.5) is 4.39 Å². The van der Waals surface area contributed by atoms with Crippen molar-refractivity contribution in [2.75, 3.05) is 0 Å². The standard InChI is InChI=1S/C21H22FN3O2/c1-13-17-4-2-3-5-19(17)25(24-13)20-11-6-14(12-18(20)22)21(27)23-15-7-9-16(26)10-8-15/h2-6,11-12,15-16,26H,7-10H2,1H3,(H,23,27). The van der Waals surface area contributed by atoms with E-state index in [4.69, 9.17) is 0 Å². The number of aromatic nitrogens is 2. The Morgan fingerprint density at radius 3 is 2.67 bits per heavy atom. The summed E-state index contributed by atoms with van der Waals surface area (Å²) in [7, 11) is 0. The Labute approximate surface area is 156 Å². The topological polar surface area (TPSA) is 67.2 Å². The summed E-state index contributed by atoms with van der Waals surface area (Å²) in [6.45, 7) is 1.89. The first-order valence-electron chi connectivity index (χ1n) is 9.26. The maximum absolute atomic E-state index is 14.8. The average molecular weight is 367 g/mol. The number of hydrogen-bond acceptors (Lipinski definition) is 3. The molecule has 5 nitrogen and oxygen atoms in total. The minimum Gasteiger partial charge on any atom is -0.393 e. The third kappa shape index (κ3) is 3.45. The molecule has 1 fully saturated rings. The first-order chi connectivity index (χ1) is 13.0. The van der Waals surface area contributed by atoms with Crippen LogP contribution >= 0.6 is 0 Å². The number of carbonyl (C=O) groups is 1. The van der Waals surface area contributed by atoms with Gasteiger partial charge in [0.15, 0.2) is 0 Å². The molecule has 1 aromatic heterocycles. The number of hydrogen-bond donors (Lipinski definition) is 2. The second kappa shape index (κ2) is 7.12. The molecule has 0 bridgehead atoms. The lowest BCUT2D eigenvalue weighted by molar-refractivity contribution is 0.0867. The molecule has 0 unspecified atom stereocenters. The summed E-state index contributed by atoms with van der Waals surface area (Å²) >= 11 is 0. The van der Waals surface area contributed by atoms with Crippen molar-refractivity contribution in [3.05, 3.63) is 59.5 Å². The molecule has 0 radical (unpaired) electrons. The van der Waals surface area contributed by atoms with E-state index in [1.165, 1.54) is 6.07 Å². The number of halogens is 1. The van der Waals surface area contributed by atoms with E-state index in [0.29, 0.717) is 18.5 Å². The van der Waals surface area contributed by atoms with Crippen LogP contribution in [0.5, 0.6) is 0 Å². The minimum atomic E-state index is -0.491. The van der Waals surface area contributed by atoms with Crippen molar-refractivity contribution in [3.63, 3.8) is 0 Å². The van der Waals surface area contributed by atoms with Crippen LogP contribution in [0.3, 0.4) is 0 Å². The van der Waals surface area contributed by atoms with Gasteiger partial charge in [-0.25, -0.2) is 9.07 Å². The van der Waals surface area contributed by atoms with Crippen molar-refractivity contribution < 1.29 is 14.3 Å². The molecular formula is C21H22FN3O2. The Kier molecular flexibility index (Phi) is 4.66. The van der Waals surface area contributed by atoms with E-state index < -0.39 is 5.82 Å². The highest BCUT2D eigenvalue weighted by Gasteiger charge is 2.22. The molecule has 0 saturated heterocycles. The van der Waals surface area contributed by atoms with Crippen molar-refractivity contribution in [1.82, 2.24) is 15.1 Å². The van der Waals surface area contributed by atoms with E-state index in [9.17, 15) is 14.3 Å². The number of aryl methyl sites for hydroxylation is 1. The number of nitrogens with one attached hydrogen (secondary N) is 1. The number of nitrogens with zero attached hydrogens (tertiary/aromatic N) is 2. The third-order valence-corrected chi connectivity index (χ3v) is 5.24. The Morgan fingerprint density at radius 1 is 1.19 bits per heavy atom. The number of benzene rings is 2. The van der Waals surface area contributed by atoms with Crippen LogP contribution in [0.15, 0.2) is 42.5 Å². The zero-order chi connectivity index (χ0) is 19.0. The number of para-hydroxylation sites is 1. The molecular weight excluding hydrogens is 345 g/mol. The molecule has 2 N–H and O–H groups in total. The SMILES string of the molecule is Cc1nn(-c2ccc(C(=O)NC3CCC(O)CC3)cc2F)c2ccccc12. The van der Waals surface area contributed by atoms with Gasteiger partial charge in [0.1, 0.15) is 11.5 Å². The Balaban J connectivity index is 1.58. The van der Waals surface area contributed by atoms with Crippen LogP contribution in [-0.2, 0) is 0 Å². The number of amides is 1. The van der Waals surface area contributed by atoms with Gasteiger partial charge in [0.2, 0.25) is 0 Å². The molecule has 1 heterocycles. The largest absolute Gasteiger partial charge is 0.393 e. The summed E-state index contributed by atoms with van der Waals surface area (Å²) in [5.41, 5.74) is 2.25. The van der Waals surface area contributed by atoms with E-state index in [-0.39, 0.29) is 23.6 Å². The predicted molar refractivity (Wildman–Crippen MR) is 101 cm³/mol. The van der Waals surface area contributed by atoms with Crippen LogP contribution < -0.4 is 5.32 Å². The first kappa shape index (κ1) is 17.7. The summed E-state index contributed by atoms with van der Waals surface area (Å²) < 4.78 is 16.4. The first-order valence-corrected chi connectivity index (χ1v) is 9.26. The van der Waals surface area contributed by atoms with E-state index in [2.05, 4.69) is 10.4 Å². The summed E-state index contributed by atoms with van der Waals surface area (Å²) in [5, 5.41) is 17.9. The zero-order valence-corrected chi connectivity index (χ0v) is 15.2.